The Labute approximate surface area is 55.7 Å². The van der Waals surface area contributed by atoms with Gasteiger partial charge in [-0.3, -0.25) is 4.98 Å². The van der Waals surface area contributed by atoms with Crippen molar-refractivity contribution in [2.45, 2.75) is 19.3 Å². The molecule has 0 saturated heterocycles. The molecule has 0 aromatic carbocycles. The highest BCUT2D eigenvalue weighted by Crippen LogP contribution is 2.14. The van der Waals surface area contributed by atoms with Gasteiger partial charge in [-0.05, 0) is 12.1 Å². The van der Waals surface area contributed by atoms with Gasteiger partial charge in [-0.15, -0.1) is 0 Å². The molecule has 1 heterocycles. The molecule has 0 atom stereocenters. The van der Waals surface area contributed by atoms with Crippen LogP contribution in [0.5, 0.6) is 0 Å². The quantitative estimate of drug-likeness (QED) is 0.513. The molecule has 1 heteroatoms. The topological polar surface area (TPSA) is 12.9 Å². The molecular formula is C8H11N. The van der Waals surface area contributed by atoms with Crippen LogP contribution >= 0.6 is 0 Å². The van der Waals surface area contributed by atoms with Crippen LogP contribution in [-0.4, -0.2) is 4.98 Å². The first kappa shape index (κ1) is 6.27. The van der Waals surface area contributed by atoms with Crippen LogP contribution in [0.15, 0.2) is 30.6 Å². The third-order valence-electron chi connectivity index (χ3n) is 0.920. The molecule has 1 aliphatic rings. The summed E-state index contributed by atoms with van der Waals surface area (Å²) in [4.78, 5) is 3.78. The summed E-state index contributed by atoms with van der Waals surface area (Å²) in [5.41, 5.74) is 0. The molecule has 0 spiro atoms. The van der Waals surface area contributed by atoms with Gasteiger partial charge < -0.3 is 0 Å². The molecule has 1 fully saturated rings. The first-order chi connectivity index (χ1) is 4.50. The predicted octanol–water partition coefficient (Wildman–Crippen LogP) is 2.25. The summed E-state index contributed by atoms with van der Waals surface area (Å²) >= 11 is 0. The highest BCUT2D eigenvalue weighted by molar-refractivity contribution is 4.88. The zero-order valence-corrected chi connectivity index (χ0v) is 5.46. The van der Waals surface area contributed by atoms with Crippen LogP contribution in [0.3, 0.4) is 0 Å². The normalized spacial score (nSPS) is 13.3. The van der Waals surface area contributed by atoms with Gasteiger partial charge in [0.1, 0.15) is 0 Å². The van der Waals surface area contributed by atoms with Crippen molar-refractivity contribution in [1.29, 1.82) is 0 Å². The van der Waals surface area contributed by atoms with Crippen molar-refractivity contribution >= 4 is 0 Å². The summed E-state index contributed by atoms with van der Waals surface area (Å²) in [6.45, 7) is 0. The van der Waals surface area contributed by atoms with Crippen LogP contribution in [0.2, 0.25) is 0 Å². The third kappa shape index (κ3) is 5.01. The summed E-state index contributed by atoms with van der Waals surface area (Å²) in [7, 11) is 0. The van der Waals surface area contributed by atoms with Gasteiger partial charge in [-0.1, -0.05) is 25.3 Å². The van der Waals surface area contributed by atoms with Crippen LogP contribution in [0, 0.1) is 0 Å². The lowest BCUT2D eigenvalue weighted by atomic mass is 10.5. The molecule has 2 rings (SSSR count). The van der Waals surface area contributed by atoms with Crippen molar-refractivity contribution in [3.05, 3.63) is 30.6 Å². The second-order valence-corrected chi connectivity index (χ2v) is 2.09. The monoisotopic (exact) mass is 121 g/mol. The van der Waals surface area contributed by atoms with Crippen molar-refractivity contribution in [1.82, 2.24) is 4.98 Å². The Morgan fingerprint density at radius 1 is 0.778 bits per heavy atom. The second-order valence-electron chi connectivity index (χ2n) is 2.09. The molecule has 1 aromatic heterocycles. The van der Waals surface area contributed by atoms with Crippen molar-refractivity contribution in [3.63, 3.8) is 0 Å². The van der Waals surface area contributed by atoms with Crippen molar-refractivity contribution in [2.75, 3.05) is 0 Å². The Morgan fingerprint density at radius 3 is 1.44 bits per heavy atom. The number of nitrogens with zero attached hydrogens (tertiary/aromatic N) is 1. The molecule has 0 N–H and O–H groups in total. The Balaban J connectivity index is 0.000000112. The number of aromatic nitrogens is 1. The zero-order chi connectivity index (χ0) is 6.36. The van der Waals surface area contributed by atoms with E-state index in [4.69, 9.17) is 0 Å². The standard InChI is InChI=1S/C5H5N.C3H6/c1-2-4-6-5-3-1;1-2-3-1/h1-5H;1-3H2. The molecule has 48 valence electrons. The number of rotatable bonds is 0. The van der Waals surface area contributed by atoms with Crippen LogP contribution in [0.4, 0.5) is 0 Å². The van der Waals surface area contributed by atoms with Gasteiger partial charge in [-0.2, -0.15) is 0 Å². The van der Waals surface area contributed by atoms with Crippen molar-refractivity contribution in [3.8, 4) is 0 Å². The van der Waals surface area contributed by atoms with Crippen LogP contribution in [-0.2, 0) is 0 Å². The third-order valence-corrected chi connectivity index (χ3v) is 0.920. The minimum Gasteiger partial charge on any atom is -0.265 e. The van der Waals surface area contributed by atoms with E-state index in [1.54, 1.807) is 12.4 Å². The average molecular weight is 121 g/mol. The fourth-order valence-electron chi connectivity index (χ4n) is 0.313. The predicted molar refractivity (Wildman–Crippen MR) is 38.1 cm³/mol. The maximum atomic E-state index is 3.78. The molecule has 0 unspecified atom stereocenters. The van der Waals surface area contributed by atoms with E-state index in [0.29, 0.717) is 0 Å². The van der Waals surface area contributed by atoms with Gasteiger partial charge in [0.2, 0.25) is 0 Å². The van der Waals surface area contributed by atoms with Gasteiger partial charge in [0.25, 0.3) is 0 Å². The van der Waals surface area contributed by atoms with Crippen LogP contribution in [0.25, 0.3) is 0 Å². The maximum absolute atomic E-state index is 3.78. The highest BCUT2D eigenvalue weighted by Gasteiger charge is 1.95. The average Bonchev–Trinajstić information content (AvgIpc) is 2.76. The smallest absolute Gasteiger partial charge is 0.0267 e. The van der Waals surface area contributed by atoms with Gasteiger partial charge in [0, 0.05) is 12.4 Å². The highest BCUT2D eigenvalue weighted by atomic mass is 14.6. The van der Waals surface area contributed by atoms with E-state index in [-0.39, 0.29) is 0 Å². The Bertz CT molecular complexity index is 105. The van der Waals surface area contributed by atoms with Gasteiger partial charge in [0.15, 0.2) is 0 Å². The molecule has 0 aliphatic heterocycles. The lowest BCUT2D eigenvalue weighted by Crippen LogP contribution is -1.58. The summed E-state index contributed by atoms with van der Waals surface area (Å²) in [6.07, 6.45) is 8.00. The molecule has 1 saturated carbocycles. The second kappa shape index (κ2) is 4.07. The molecule has 1 aliphatic carbocycles. The first-order valence-electron chi connectivity index (χ1n) is 3.35. The van der Waals surface area contributed by atoms with Crippen molar-refractivity contribution < 1.29 is 0 Å². The molecule has 0 amide bonds. The van der Waals surface area contributed by atoms with E-state index in [9.17, 15) is 0 Å². The van der Waals surface area contributed by atoms with E-state index < -0.39 is 0 Å². The number of hydrogen-bond donors (Lipinski definition) is 0. The summed E-state index contributed by atoms with van der Waals surface area (Å²) in [6, 6.07) is 5.72. The van der Waals surface area contributed by atoms with Crippen LogP contribution < -0.4 is 0 Å². The first-order valence-corrected chi connectivity index (χ1v) is 3.35. The van der Waals surface area contributed by atoms with E-state index in [1.807, 2.05) is 18.2 Å². The Morgan fingerprint density at radius 2 is 1.33 bits per heavy atom. The van der Waals surface area contributed by atoms with E-state index in [2.05, 4.69) is 4.98 Å². The van der Waals surface area contributed by atoms with Gasteiger partial charge >= 0.3 is 0 Å². The van der Waals surface area contributed by atoms with E-state index >= 15 is 0 Å². The summed E-state index contributed by atoms with van der Waals surface area (Å²) < 4.78 is 0. The van der Waals surface area contributed by atoms with Gasteiger partial charge in [0.05, 0.1) is 0 Å². The number of hydrogen-bond acceptors (Lipinski definition) is 1. The van der Waals surface area contributed by atoms with E-state index in [0.717, 1.165) is 0 Å². The minimum absolute atomic E-state index is 1.50. The van der Waals surface area contributed by atoms with Crippen LogP contribution in [0.1, 0.15) is 19.3 Å². The fourth-order valence-corrected chi connectivity index (χ4v) is 0.313. The Kier molecular flexibility index (Phi) is 2.84. The zero-order valence-electron chi connectivity index (χ0n) is 5.46. The molecule has 1 nitrogen and oxygen atoms in total. The molecule has 9 heavy (non-hydrogen) atoms. The molecule has 0 bridgehead atoms. The lowest BCUT2D eigenvalue weighted by Gasteiger charge is -1.70. The van der Waals surface area contributed by atoms with E-state index in [1.165, 1.54) is 19.3 Å². The molecule has 0 radical (unpaired) electrons. The maximum Gasteiger partial charge on any atom is 0.0267 e. The SMILES string of the molecule is C1CC1.c1ccncc1. The minimum atomic E-state index is 1.50. The molecule has 1 aromatic rings. The van der Waals surface area contributed by atoms with Crippen molar-refractivity contribution in [2.24, 2.45) is 0 Å². The summed E-state index contributed by atoms with van der Waals surface area (Å²) in [5, 5.41) is 0. The molecular weight excluding hydrogens is 110 g/mol. The fraction of sp³-hybridized carbons (Fsp3) is 0.375. The van der Waals surface area contributed by atoms with Gasteiger partial charge in [-0.25, -0.2) is 0 Å². The largest absolute Gasteiger partial charge is 0.265 e. The summed E-state index contributed by atoms with van der Waals surface area (Å²) in [5.74, 6) is 0. The number of pyridine rings is 1. The Hall–Kier alpha value is -0.850. The lowest BCUT2D eigenvalue weighted by molar-refractivity contribution is 1.33.